The van der Waals surface area contributed by atoms with E-state index in [2.05, 4.69) is 266 Å². The van der Waals surface area contributed by atoms with Crippen molar-refractivity contribution in [3.63, 3.8) is 0 Å². The molecule has 4 N–H and O–H groups in total. The summed E-state index contributed by atoms with van der Waals surface area (Å²) >= 11 is 0. The first-order chi connectivity index (χ1) is 49.4. The number of ketones is 4. The molecule has 4 heterocycles. The Morgan fingerprint density at radius 3 is 0.963 bits per heavy atom. The van der Waals surface area contributed by atoms with Crippen molar-refractivity contribution >= 4 is 66.7 Å². The summed E-state index contributed by atoms with van der Waals surface area (Å²) in [7, 11) is 0. The van der Waals surface area contributed by atoms with Gasteiger partial charge in [-0.05, 0) is 176 Å². The molecule has 0 atom stereocenters. The van der Waals surface area contributed by atoms with Crippen molar-refractivity contribution in [2.75, 3.05) is 0 Å². The van der Waals surface area contributed by atoms with Crippen molar-refractivity contribution in [2.24, 2.45) is 0 Å². The van der Waals surface area contributed by atoms with Crippen LogP contribution in [0.2, 0.25) is 0 Å². The van der Waals surface area contributed by atoms with Gasteiger partial charge in [-0.15, -0.1) is 139 Å². The van der Waals surface area contributed by atoms with Crippen molar-refractivity contribution in [1.29, 1.82) is 0 Å². The van der Waals surface area contributed by atoms with Crippen molar-refractivity contribution in [3.05, 3.63) is 308 Å². The predicted octanol–water partition coefficient (Wildman–Crippen LogP) is 23.0. The molecule has 0 spiro atoms. The Morgan fingerprint density at radius 2 is 0.633 bits per heavy atom. The first-order valence-electron chi connectivity index (χ1n) is 34.4. The van der Waals surface area contributed by atoms with Crippen molar-refractivity contribution < 1.29 is 120 Å². The standard InChI is InChI=1S/C19H18N.3C18H16N.4C5H8O2.4Ir/c1-12-5-7-18-16(10-12)6-8-19(20-18)17-11-13(2)9-14(3)15(17)4;1-12-4-7-16(14(3)10-12)18-9-6-15-11-13(2)5-8-17(15)19-18;1-12-4-8-17-15(10-12)7-9-18(19-17)16-6-5-13(2)14(3)11-16;1-12-4-6-17-15(9-12)5-7-18(19-17)16-10-13(2)8-14(3)11-16;4*1-4(6)3-5(2)7;;;;/h5-10H,1-4H3;4-6,8-11H,1-3H3;4-5,7-11H,1-3H3;4-10H,1-3H3;4*3,6H,1-2H3;;;;/q4*-1;;;;;;;;. The zero-order valence-electron chi connectivity index (χ0n) is 65.9. The smallest absolute Gasteiger partial charge is 0.155 e. The maximum absolute atomic E-state index is 10.0. The Hall–Kier alpha value is -9.16. The number of fused-ring (bicyclic) bond motifs is 4. The van der Waals surface area contributed by atoms with Crippen LogP contribution in [0.1, 0.15) is 128 Å². The van der Waals surface area contributed by atoms with Gasteiger partial charge in [0.15, 0.2) is 23.1 Å². The van der Waals surface area contributed by atoms with Gasteiger partial charge < -0.3 is 20.4 Å². The Labute approximate surface area is 698 Å². The van der Waals surface area contributed by atoms with E-state index in [4.69, 9.17) is 40.4 Å². The van der Waals surface area contributed by atoms with Gasteiger partial charge in [-0.3, -0.25) is 39.1 Å². The molecule has 8 aromatic carbocycles. The second-order valence-corrected chi connectivity index (χ2v) is 26.5. The quantitative estimate of drug-likeness (QED) is 0.0638. The number of carbonyl (C=O) groups excluding carboxylic acids is 4. The molecule has 0 aliphatic carbocycles. The molecule has 4 radical (unpaired) electrons. The first kappa shape index (κ1) is 97.8. The van der Waals surface area contributed by atoms with Crippen LogP contribution in [0.4, 0.5) is 0 Å². The van der Waals surface area contributed by atoms with Crippen LogP contribution in [0, 0.1) is 114 Å². The molecule has 12 aromatic rings. The fourth-order valence-electron chi connectivity index (χ4n) is 10.8. The van der Waals surface area contributed by atoms with E-state index >= 15 is 0 Å². The van der Waals surface area contributed by atoms with Gasteiger partial charge in [0.2, 0.25) is 0 Å². The van der Waals surface area contributed by atoms with Crippen LogP contribution in [-0.4, -0.2) is 63.5 Å². The van der Waals surface area contributed by atoms with Crippen molar-refractivity contribution in [1.82, 2.24) is 19.9 Å². The summed E-state index contributed by atoms with van der Waals surface area (Å²) in [5.41, 5.74) is 28.6. The van der Waals surface area contributed by atoms with Crippen LogP contribution in [0.15, 0.2) is 211 Å². The van der Waals surface area contributed by atoms with Gasteiger partial charge in [-0.1, -0.05) is 157 Å². The number of rotatable bonds is 8. The number of carbonyl (C=O) groups is 4. The monoisotopic (exact) mass is 2170 g/mol. The molecule has 109 heavy (non-hydrogen) atoms. The van der Waals surface area contributed by atoms with Gasteiger partial charge in [0.05, 0.1) is 45.1 Å². The topological polar surface area (TPSA) is 201 Å². The van der Waals surface area contributed by atoms with Crippen LogP contribution < -0.4 is 0 Å². The van der Waals surface area contributed by atoms with Gasteiger partial charge in [-0.25, -0.2) is 0 Å². The predicted molar refractivity (Wildman–Crippen MR) is 434 cm³/mol. The Bertz CT molecular complexity index is 5100. The molecular formula is C93H98Ir4N4O8-4. The number of aliphatic hydroxyl groups excluding tert-OH is 4. The van der Waals surface area contributed by atoms with Crippen LogP contribution in [0.5, 0.6) is 0 Å². The molecule has 16 heteroatoms. The maximum atomic E-state index is 10.0. The molecule has 0 aliphatic heterocycles. The fourth-order valence-corrected chi connectivity index (χ4v) is 10.8. The average Bonchev–Trinajstić information content (AvgIpc) is 0.820. The number of pyridine rings is 4. The number of hydrogen-bond acceptors (Lipinski definition) is 12. The molecule has 0 unspecified atom stereocenters. The summed E-state index contributed by atoms with van der Waals surface area (Å²) in [5.74, 6) is -0.250. The zero-order chi connectivity index (χ0) is 77.9. The van der Waals surface area contributed by atoms with Gasteiger partial charge in [0, 0.05) is 105 Å². The Kier molecular flexibility index (Phi) is 42.8. The zero-order valence-corrected chi connectivity index (χ0v) is 75.5. The fraction of sp³-hybridized carbons (Fsp3) is 0.226. The van der Waals surface area contributed by atoms with E-state index in [1.165, 1.54) is 162 Å². The molecule has 0 amide bonds. The SMILES string of the molecule is CC(=O)C=C(C)O.CC(=O)C=C(C)O.CC(=O)C=C(C)O.CC(=O)C=C(C)O.Cc1[c-]c(-c2ccc3cc(C)ccc3n2)c(C)c(C)c1.Cc1[c-]c(-c2ccc3cc(C)ccc3n2)cc(C)c1.Cc1c[c-]c(-c2ccc3cc(C)ccc3n2)c(C)c1.Cc1ccc2nc(-c3[c-]cc(C)c(C)c3)ccc2c1.[Ir].[Ir].[Ir].[Ir]. The molecule has 4 aromatic heterocycles. The molecule has 0 bridgehead atoms. The number of aryl methyl sites for hydroxylation is 12. The molecule has 0 aliphatic rings. The third-order valence-corrected chi connectivity index (χ3v) is 15.7. The molecule has 0 saturated heterocycles. The number of benzene rings is 8. The maximum Gasteiger partial charge on any atom is 0.155 e. The minimum Gasteiger partial charge on any atom is -0.512 e. The third-order valence-electron chi connectivity index (χ3n) is 15.7. The average molecular weight is 2170 g/mol. The molecular weight excluding hydrogens is 2070 g/mol. The number of aromatic nitrogens is 4. The molecule has 12 rings (SSSR count). The minimum absolute atomic E-state index is 0. The summed E-state index contributed by atoms with van der Waals surface area (Å²) in [5, 5.41) is 38.2. The van der Waals surface area contributed by atoms with Gasteiger partial charge in [-0.2, -0.15) is 0 Å². The number of nitrogens with zero attached hydrogens (tertiary/aromatic N) is 4. The van der Waals surface area contributed by atoms with E-state index in [9.17, 15) is 19.2 Å². The summed E-state index contributed by atoms with van der Waals surface area (Å²) in [4.78, 5) is 59.1. The van der Waals surface area contributed by atoms with Gasteiger partial charge >= 0.3 is 0 Å². The summed E-state index contributed by atoms with van der Waals surface area (Å²) < 4.78 is 0. The van der Waals surface area contributed by atoms with E-state index in [-0.39, 0.29) is 127 Å². The summed E-state index contributed by atoms with van der Waals surface area (Å²) in [6.07, 6.45) is 4.67. The Balaban J connectivity index is 0.000000644. The van der Waals surface area contributed by atoms with E-state index < -0.39 is 0 Å². The van der Waals surface area contributed by atoms with Crippen molar-refractivity contribution in [2.45, 2.75) is 145 Å². The number of hydrogen-bond donors (Lipinski definition) is 4. The number of allylic oxidation sites excluding steroid dienone is 8. The molecule has 0 saturated carbocycles. The largest absolute Gasteiger partial charge is 0.512 e. The van der Waals surface area contributed by atoms with E-state index in [1.54, 1.807) is 0 Å². The number of aliphatic hydroxyl groups is 4. The van der Waals surface area contributed by atoms with Crippen molar-refractivity contribution in [3.8, 4) is 45.0 Å². The Morgan fingerprint density at radius 1 is 0.294 bits per heavy atom. The van der Waals surface area contributed by atoms with Crippen LogP contribution in [0.25, 0.3) is 88.6 Å². The third kappa shape index (κ3) is 34.1. The summed E-state index contributed by atoms with van der Waals surface area (Å²) in [6.45, 7) is 38.8. The second kappa shape index (κ2) is 47.7. The van der Waals surface area contributed by atoms with E-state index in [1.807, 2.05) is 12.1 Å². The van der Waals surface area contributed by atoms with Gasteiger partial charge in [0.1, 0.15) is 0 Å². The first-order valence-corrected chi connectivity index (χ1v) is 34.4. The van der Waals surface area contributed by atoms with Crippen LogP contribution >= 0.6 is 0 Å². The van der Waals surface area contributed by atoms with E-state index in [0.717, 1.165) is 78.2 Å². The van der Waals surface area contributed by atoms with Gasteiger partial charge in [0.25, 0.3) is 0 Å². The van der Waals surface area contributed by atoms with Crippen LogP contribution in [-0.2, 0) is 99.6 Å². The van der Waals surface area contributed by atoms with E-state index in [0.29, 0.717) is 0 Å². The second-order valence-electron chi connectivity index (χ2n) is 26.5. The normalized spacial score (nSPS) is 10.7. The molecule has 0 fully saturated rings. The molecule has 578 valence electrons. The minimum atomic E-state index is -0.125. The molecule has 12 nitrogen and oxygen atoms in total. The summed E-state index contributed by atoms with van der Waals surface area (Å²) in [6, 6.07) is 70.6. The van der Waals surface area contributed by atoms with Crippen LogP contribution in [0.3, 0.4) is 0 Å².